The van der Waals surface area contributed by atoms with Gasteiger partial charge < -0.3 is 5.40 Å². The molecule has 0 amide bonds. The van der Waals surface area contributed by atoms with Crippen molar-refractivity contribution in [1.29, 1.82) is 0 Å². The fraction of sp³-hybridized carbons (Fsp3) is 0.0769. The Morgan fingerprint density at radius 2 is 1.07 bits per heavy atom. The van der Waals surface area contributed by atoms with E-state index < -0.39 is 8.24 Å². The summed E-state index contributed by atoms with van der Waals surface area (Å²) in [5.74, 6) is 0. The van der Waals surface area contributed by atoms with E-state index in [4.69, 9.17) is 5.40 Å². The first-order valence-corrected chi connectivity index (χ1v) is 7.69. The fourth-order valence-electron chi connectivity index (χ4n) is 1.74. The summed E-state index contributed by atoms with van der Waals surface area (Å²) in [6, 6.07) is 20.8. The van der Waals surface area contributed by atoms with Crippen molar-refractivity contribution in [3.63, 3.8) is 0 Å². The van der Waals surface area contributed by atoms with E-state index in [0.717, 1.165) is 0 Å². The van der Waals surface area contributed by atoms with Crippen LogP contribution in [0.15, 0.2) is 60.7 Å². The Bertz CT molecular complexity index is 381. The van der Waals surface area contributed by atoms with Gasteiger partial charge in [0, 0.05) is 0 Å². The van der Waals surface area contributed by atoms with Gasteiger partial charge in [0.15, 0.2) is 8.24 Å². The third kappa shape index (κ3) is 2.01. The Morgan fingerprint density at radius 3 is 1.40 bits per heavy atom. The summed E-state index contributed by atoms with van der Waals surface area (Å²) in [7, 11) is -1.96. The van der Waals surface area contributed by atoms with Gasteiger partial charge in [-0.2, -0.15) is 0 Å². The van der Waals surface area contributed by atoms with E-state index in [1.807, 2.05) is 12.1 Å². The highest BCUT2D eigenvalue weighted by Crippen LogP contribution is 1.98. The maximum Gasteiger partial charge on any atom is 0.184 e. The van der Waals surface area contributed by atoms with Gasteiger partial charge in [0.1, 0.15) is 0 Å². The average Bonchev–Trinajstić information content (AvgIpc) is 2.31. The van der Waals surface area contributed by atoms with Gasteiger partial charge in [-0.05, 0) is 16.9 Å². The largest absolute Gasteiger partial charge is 0.344 e. The molecule has 1 nitrogen and oxygen atoms in total. The van der Waals surface area contributed by atoms with Gasteiger partial charge in [-0.15, -0.1) is 0 Å². The van der Waals surface area contributed by atoms with Crippen molar-refractivity contribution in [2.45, 2.75) is 6.55 Å². The topological polar surface area (TPSA) is 26.0 Å². The smallest absolute Gasteiger partial charge is 0.184 e. The van der Waals surface area contributed by atoms with Crippen molar-refractivity contribution in [1.82, 2.24) is 0 Å². The molecule has 76 valence electrons. The summed E-state index contributed by atoms with van der Waals surface area (Å²) in [5.41, 5.74) is 0. The molecule has 0 saturated heterocycles. The lowest BCUT2D eigenvalue weighted by atomic mass is 10.4. The Balaban J connectivity index is 2.44. The zero-order valence-corrected chi connectivity index (χ0v) is 9.85. The van der Waals surface area contributed by atoms with Crippen LogP contribution >= 0.6 is 0 Å². The highest BCUT2D eigenvalue weighted by Gasteiger charge is 2.26. The third-order valence-corrected chi connectivity index (χ3v) is 5.81. The number of benzene rings is 2. The van der Waals surface area contributed by atoms with Crippen LogP contribution in [0.25, 0.3) is 0 Å². The molecule has 0 aromatic heterocycles. The van der Waals surface area contributed by atoms with Gasteiger partial charge >= 0.3 is 0 Å². The van der Waals surface area contributed by atoms with Crippen LogP contribution in [-0.4, -0.2) is 8.24 Å². The normalized spacial score (nSPS) is 11.3. The predicted octanol–water partition coefficient (Wildman–Crippen LogP) is 1.33. The molecule has 0 fully saturated rings. The van der Waals surface area contributed by atoms with Crippen LogP contribution in [0.5, 0.6) is 0 Å². The lowest BCUT2D eigenvalue weighted by Gasteiger charge is -2.22. The average molecular weight is 213 g/mol. The molecule has 2 heteroatoms. The minimum Gasteiger partial charge on any atom is -0.344 e. The van der Waals surface area contributed by atoms with Crippen molar-refractivity contribution in [2.24, 2.45) is 5.40 Å². The zero-order chi connectivity index (χ0) is 10.7. The Labute approximate surface area is 91.7 Å². The van der Waals surface area contributed by atoms with Gasteiger partial charge in [-0.1, -0.05) is 60.7 Å². The molecule has 0 atom stereocenters. The first-order chi connectivity index (χ1) is 7.21. The molecule has 0 radical (unpaired) electrons. The van der Waals surface area contributed by atoms with E-state index in [1.165, 1.54) is 10.4 Å². The van der Waals surface area contributed by atoms with E-state index >= 15 is 0 Å². The maximum absolute atomic E-state index is 6.50. The lowest BCUT2D eigenvalue weighted by Crippen LogP contribution is -2.63. The number of hydrogen-bond donors (Lipinski definition) is 1. The SMILES string of the molecule is C[Si](N)(c1ccccc1)c1ccccc1. The van der Waals surface area contributed by atoms with Crippen LogP contribution < -0.4 is 15.8 Å². The molecule has 0 aliphatic carbocycles. The summed E-state index contributed by atoms with van der Waals surface area (Å²) in [5, 5.41) is 9.05. The fourth-order valence-corrected chi connectivity index (χ4v) is 3.84. The quantitative estimate of drug-likeness (QED) is 0.749. The lowest BCUT2D eigenvalue weighted by molar-refractivity contribution is 1.61. The Morgan fingerprint density at radius 1 is 0.733 bits per heavy atom. The molecule has 15 heavy (non-hydrogen) atoms. The maximum atomic E-state index is 6.50. The molecule has 0 unspecified atom stereocenters. The van der Waals surface area contributed by atoms with Crippen molar-refractivity contribution < 1.29 is 0 Å². The highest BCUT2D eigenvalue weighted by atomic mass is 28.3. The molecule has 0 saturated carbocycles. The second-order valence-electron chi connectivity index (χ2n) is 3.93. The van der Waals surface area contributed by atoms with Crippen LogP contribution in [0.2, 0.25) is 6.55 Å². The molecule has 0 spiro atoms. The minimum atomic E-state index is -1.96. The molecule has 2 aromatic carbocycles. The van der Waals surface area contributed by atoms with E-state index in [1.54, 1.807) is 0 Å². The molecule has 2 aromatic rings. The molecule has 0 aliphatic heterocycles. The van der Waals surface area contributed by atoms with Crippen LogP contribution in [0.3, 0.4) is 0 Å². The molecular weight excluding hydrogens is 198 g/mol. The number of nitrogens with two attached hydrogens (primary N) is 1. The molecular formula is C13H15NSi. The number of rotatable bonds is 2. The first-order valence-electron chi connectivity index (χ1n) is 5.11. The van der Waals surface area contributed by atoms with Gasteiger partial charge in [-0.3, -0.25) is 0 Å². The summed E-state index contributed by atoms with van der Waals surface area (Å²) in [6.45, 7) is 2.18. The summed E-state index contributed by atoms with van der Waals surface area (Å²) >= 11 is 0. The second-order valence-corrected chi connectivity index (χ2v) is 7.49. The molecule has 0 aliphatic rings. The minimum absolute atomic E-state index is 1.27. The standard InChI is InChI=1S/C13H15NSi/c1-15(14,12-8-4-2-5-9-12)13-10-6-3-7-11-13/h2-11H,14H2,1H3. The summed E-state index contributed by atoms with van der Waals surface area (Å²) in [6.07, 6.45) is 0. The van der Waals surface area contributed by atoms with E-state index in [0.29, 0.717) is 0 Å². The van der Waals surface area contributed by atoms with Crippen LogP contribution in [0, 0.1) is 0 Å². The number of hydrogen-bond acceptors (Lipinski definition) is 1. The van der Waals surface area contributed by atoms with Crippen molar-refractivity contribution >= 4 is 18.6 Å². The van der Waals surface area contributed by atoms with E-state index in [9.17, 15) is 0 Å². The monoisotopic (exact) mass is 213 g/mol. The van der Waals surface area contributed by atoms with Gasteiger partial charge in [0.25, 0.3) is 0 Å². The van der Waals surface area contributed by atoms with Gasteiger partial charge in [0.05, 0.1) is 0 Å². The zero-order valence-electron chi connectivity index (χ0n) is 8.85. The molecule has 2 rings (SSSR count). The predicted molar refractivity (Wildman–Crippen MR) is 68.0 cm³/mol. The molecule has 2 N–H and O–H groups in total. The van der Waals surface area contributed by atoms with Crippen molar-refractivity contribution in [2.75, 3.05) is 0 Å². The van der Waals surface area contributed by atoms with Crippen molar-refractivity contribution in [3.8, 4) is 0 Å². The van der Waals surface area contributed by atoms with Gasteiger partial charge in [-0.25, -0.2) is 0 Å². The third-order valence-electron chi connectivity index (χ3n) is 2.75. The van der Waals surface area contributed by atoms with Crippen LogP contribution in [0.4, 0.5) is 0 Å². The highest BCUT2D eigenvalue weighted by molar-refractivity contribution is 6.98. The van der Waals surface area contributed by atoms with Crippen LogP contribution in [0.1, 0.15) is 0 Å². The van der Waals surface area contributed by atoms with E-state index in [2.05, 4.69) is 55.1 Å². The second kappa shape index (κ2) is 4.01. The van der Waals surface area contributed by atoms with Crippen LogP contribution in [-0.2, 0) is 0 Å². The Kier molecular flexibility index (Phi) is 2.71. The molecule has 0 bridgehead atoms. The summed E-state index contributed by atoms with van der Waals surface area (Å²) in [4.78, 5) is 0. The summed E-state index contributed by atoms with van der Waals surface area (Å²) < 4.78 is 0. The van der Waals surface area contributed by atoms with Crippen molar-refractivity contribution in [3.05, 3.63) is 60.7 Å². The van der Waals surface area contributed by atoms with E-state index in [-0.39, 0.29) is 0 Å². The molecule has 0 heterocycles. The first kappa shape index (κ1) is 10.1. The Hall–Kier alpha value is -1.38. The van der Waals surface area contributed by atoms with Gasteiger partial charge in [0.2, 0.25) is 0 Å².